The molecule has 1 atom stereocenters. The minimum atomic E-state index is -2.98. The standard InChI is InChI=1S/C24H48O5S/c1-3-4-5-6-7-8-9-10-11-12-13-14-15-16-17-18-20-30-21-19-23(25)29-22(2)24(26,27)28/h22,26-28H,3-21H2,1-2H3. The van der Waals surface area contributed by atoms with Gasteiger partial charge in [-0.15, -0.1) is 0 Å². The Kier molecular flexibility index (Phi) is 20.4. The second-order valence-electron chi connectivity index (χ2n) is 8.49. The van der Waals surface area contributed by atoms with Gasteiger partial charge in [-0.25, -0.2) is 0 Å². The molecule has 0 aliphatic heterocycles. The highest BCUT2D eigenvalue weighted by molar-refractivity contribution is 7.99. The molecule has 0 radical (unpaired) electrons. The first-order valence-electron chi connectivity index (χ1n) is 12.3. The molecule has 0 aromatic rings. The van der Waals surface area contributed by atoms with Gasteiger partial charge in [0.05, 0.1) is 6.42 Å². The molecule has 0 rings (SSSR count). The largest absolute Gasteiger partial charge is 0.454 e. The van der Waals surface area contributed by atoms with E-state index in [1.54, 1.807) is 11.8 Å². The minimum absolute atomic E-state index is 0.212. The van der Waals surface area contributed by atoms with E-state index in [9.17, 15) is 4.79 Å². The molecule has 0 bridgehead atoms. The number of rotatable bonds is 22. The minimum Gasteiger partial charge on any atom is -0.454 e. The lowest BCUT2D eigenvalue weighted by Crippen LogP contribution is -2.42. The Balaban J connectivity index is 3.20. The van der Waals surface area contributed by atoms with Gasteiger partial charge in [-0.1, -0.05) is 103 Å². The quantitative estimate of drug-likeness (QED) is 0.108. The topological polar surface area (TPSA) is 87.0 Å². The van der Waals surface area contributed by atoms with Crippen LogP contribution >= 0.6 is 11.8 Å². The number of ether oxygens (including phenoxy) is 1. The van der Waals surface area contributed by atoms with Gasteiger partial charge in [-0.3, -0.25) is 4.79 Å². The number of hydrogen-bond donors (Lipinski definition) is 3. The summed E-state index contributed by atoms with van der Waals surface area (Å²) in [5.41, 5.74) is 0. The molecule has 30 heavy (non-hydrogen) atoms. The molecule has 0 amide bonds. The Bertz CT molecular complexity index is 384. The van der Waals surface area contributed by atoms with Crippen LogP contribution in [0.4, 0.5) is 0 Å². The zero-order valence-electron chi connectivity index (χ0n) is 19.6. The Morgan fingerprint density at radius 3 is 1.53 bits per heavy atom. The monoisotopic (exact) mass is 448 g/mol. The van der Waals surface area contributed by atoms with Crippen LogP contribution in [0.15, 0.2) is 0 Å². The maximum Gasteiger partial charge on any atom is 0.314 e. The lowest BCUT2D eigenvalue weighted by Gasteiger charge is -2.21. The number of aliphatic hydroxyl groups is 3. The van der Waals surface area contributed by atoms with E-state index in [0.29, 0.717) is 5.75 Å². The SMILES string of the molecule is CCCCCCCCCCCCCCCCCCSCCC(=O)OC(C)C(O)(O)O. The lowest BCUT2D eigenvalue weighted by molar-refractivity contribution is -0.352. The van der Waals surface area contributed by atoms with Crippen molar-refractivity contribution < 1.29 is 24.9 Å². The molecule has 3 N–H and O–H groups in total. The molecule has 0 fully saturated rings. The van der Waals surface area contributed by atoms with Crippen molar-refractivity contribution in [3.8, 4) is 0 Å². The van der Waals surface area contributed by atoms with Gasteiger partial charge in [-0.2, -0.15) is 11.8 Å². The van der Waals surface area contributed by atoms with Gasteiger partial charge in [0, 0.05) is 5.75 Å². The smallest absolute Gasteiger partial charge is 0.314 e. The molecular formula is C24H48O5S. The molecule has 0 saturated carbocycles. The van der Waals surface area contributed by atoms with Crippen molar-refractivity contribution in [3.05, 3.63) is 0 Å². The second-order valence-corrected chi connectivity index (χ2v) is 9.71. The third-order valence-electron chi connectivity index (χ3n) is 5.45. The van der Waals surface area contributed by atoms with Crippen LogP contribution in [0, 0.1) is 0 Å². The molecule has 0 saturated heterocycles. The first-order chi connectivity index (χ1) is 14.4. The maximum atomic E-state index is 11.5. The summed E-state index contributed by atoms with van der Waals surface area (Å²) >= 11 is 1.71. The van der Waals surface area contributed by atoms with Crippen molar-refractivity contribution in [2.24, 2.45) is 0 Å². The van der Waals surface area contributed by atoms with Crippen molar-refractivity contribution >= 4 is 17.7 Å². The van der Waals surface area contributed by atoms with Gasteiger partial charge in [0.2, 0.25) is 0 Å². The van der Waals surface area contributed by atoms with Crippen molar-refractivity contribution in [3.63, 3.8) is 0 Å². The Morgan fingerprint density at radius 1 is 0.733 bits per heavy atom. The van der Waals surface area contributed by atoms with Gasteiger partial charge in [0.1, 0.15) is 0 Å². The summed E-state index contributed by atoms with van der Waals surface area (Å²) in [5.74, 6) is -1.82. The highest BCUT2D eigenvalue weighted by Crippen LogP contribution is 2.15. The zero-order chi connectivity index (χ0) is 22.5. The van der Waals surface area contributed by atoms with Crippen LogP contribution in [-0.4, -0.2) is 44.9 Å². The number of thioether (sulfide) groups is 1. The van der Waals surface area contributed by atoms with E-state index in [4.69, 9.17) is 20.1 Å². The molecule has 180 valence electrons. The van der Waals surface area contributed by atoms with Crippen LogP contribution in [0.1, 0.15) is 123 Å². The van der Waals surface area contributed by atoms with E-state index in [-0.39, 0.29) is 6.42 Å². The van der Waals surface area contributed by atoms with E-state index in [0.717, 1.165) is 5.75 Å². The Labute approximate surface area is 189 Å². The highest BCUT2D eigenvalue weighted by Gasteiger charge is 2.31. The highest BCUT2D eigenvalue weighted by atomic mass is 32.2. The van der Waals surface area contributed by atoms with Crippen molar-refractivity contribution in [1.82, 2.24) is 0 Å². The van der Waals surface area contributed by atoms with Crippen LogP contribution < -0.4 is 0 Å². The summed E-state index contributed by atoms with van der Waals surface area (Å²) in [7, 11) is 0. The number of carbonyl (C=O) groups excluding carboxylic acids is 1. The normalized spacial score (nSPS) is 12.8. The number of hydrogen-bond acceptors (Lipinski definition) is 6. The first-order valence-corrected chi connectivity index (χ1v) is 13.5. The van der Waals surface area contributed by atoms with Crippen molar-refractivity contribution in [2.45, 2.75) is 135 Å². The third-order valence-corrected chi connectivity index (χ3v) is 6.52. The van der Waals surface area contributed by atoms with Crippen LogP contribution in [0.25, 0.3) is 0 Å². The number of unbranched alkanes of at least 4 members (excludes halogenated alkanes) is 15. The molecular weight excluding hydrogens is 400 g/mol. The van der Waals surface area contributed by atoms with Gasteiger partial charge in [0.25, 0.3) is 0 Å². The fourth-order valence-electron chi connectivity index (χ4n) is 3.34. The predicted octanol–water partition coefficient (Wildman–Crippen LogP) is 5.93. The maximum absolute atomic E-state index is 11.5. The molecule has 0 heterocycles. The summed E-state index contributed by atoms with van der Waals surface area (Å²) in [6.45, 7) is 3.51. The molecule has 0 aliphatic rings. The Hall–Kier alpha value is -0.300. The molecule has 0 aromatic carbocycles. The molecule has 5 nitrogen and oxygen atoms in total. The number of carbonyl (C=O) groups is 1. The van der Waals surface area contributed by atoms with E-state index in [2.05, 4.69) is 6.92 Å². The summed E-state index contributed by atoms with van der Waals surface area (Å²) in [6, 6.07) is 0. The fraction of sp³-hybridized carbons (Fsp3) is 0.958. The van der Waals surface area contributed by atoms with Gasteiger partial charge in [0.15, 0.2) is 6.10 Å². The summed E-state index contributed by atoms with van der Waals surface area (Å²) in [4.78, 5) is 11.5. The fourth-order valence-corrected chi connectivity index (χ4v) is 4.27. The predicted molar refractivity (Wildman–Crippen MR) is 126 cm³/mol. The van der Waals surface area contributed by atoms with Gasteiger partial charge >= 0.3 is 11.9 Å². The molecule has 1 unspecified atom stereocenters. The van der Waals surface area contributed by atoms with Crippen molar-refractivity contribution in [2.75, 3.05) is 11.5 Å². The molecule has 0 spiro atoms. The van der Waals surface area contributed by atoms with E-state index >= 15 is 0 Å². The van der Waals surface area contributed by atoms with E-state index in [1.807, 2.05) is 0 Å². The van der Waals surface area contributed by atoms with Gasteiger partial charge < -0.3 is 20.1 Å². The average Bonchev–Trinajstić information content (AvgIpc) is 2.69. The summed E-state index contributed by atoms with van der Waals surface area (Å²) < 4.78 is 4.75. The van der Waals surface area contributed by atoms with Gasteiger partial charge in [-0.05, 0) is 19.1 Å². The molecule has 6 heteroatoms. The number of esters is 1. The van der Waals surface area contributed by atoms with Crippen LogP contribution in [0.3, 0.4) is 0 Å². The lowest BCUT2D eigenvalue weighted by atomic mass is 10.0. The van der Waals surface area contributed by atoms with E-state index < -0.39 is 18.0 Å². The Morgan fingerprint density at radius 2 is 1.13 bits per heavy atom. The molecule has 0 aliphatic carbocycles. The van der Waals surface area contributed by atoms with E-state index in [1.165, 1.54) is 110 Å². The molecule has 0 aromatic heterocycles. The summed E-state index contributed by atoms with van der Waals surface area (Å²) in [5, 5.41) is 26.7. The summed E-state index contributed by atoms with van der Waals surface area (Å²) in [6.07, 6.45) is 20.7. The first kappa shape index (κ1) is 29.7. The van der Waals surface area contributed by atoms with Crippen LogP contribution in [0.2, 0.25) is 0 Å². The van der Waals surface area contributed by atoms with Crippen LogP contribution in [0.5, 0.6) is 0 Å². The third kappa shape index (κ3) is 21.0. The zero-order valence-corrected chi connectivity index (χ0v) is 20.4. The van der Waals surface area contributed by atoms with Crippen molar-refractivity contribution in [1.29, 1.82) is 0 Å². The van der Waals surface area contributed by atoms with Crippen LogP contribution in [-0.2, 0) is 9.53 Å². The average molecular weight is 449 g/mol. The second kappa shape index (κ2) is 20.6.